The van der Waals surface area contributed by atoms with Crippen molar-refractivity contribution in [2.45, 2.75) is 19.8 Å². The third-order valence-electron chi connectivity index (χ3n) is 4.42. The lowest BCUT2D eigenvalue weighted by Crippen LogP contribution is -2.48. The summed E-state index contributed by atoms with van der Waals surface area (Å²) in [5, 5.41) is 5.00. The largest absolute Gasteiger partial charge is 0.494 e. The van der Waals surface area contributed by atoms with Crippen LogP contribution >= 0.6 is 12.2 Å². The van der Waals surface area contributed by atoms with Gasteiger partial charge in [0, 0.05) is 24.6 Å². The van der Waals surface area contributed by atoms with Gasteiger partial charge in [0.25, 0.3) is 0 Å². The highest BCUT2D eigenvalue weighted by Gasteiger charge is 2.09. The summed E-state index contributed by atoms with van der Waals surface area (Å²) < 4.78 is 15.7. The average Bonchev–Trinajstić information content (AvgIpc) is 2.86. The van der Waals surface area contributed by atoms with Gasteiger partial charge in [0.2, 0.25) is 17.7 Å². The summed E-state index contributed by atoms with van der Waals surface area (Å²) in [5.74, 6) is 0.522. The van der Waals surface area contributed by atoms with Gasteiger partial charge < -0.3 is 19.5 Å². The van der Waals surface area contributed by atoms with E-state index in [2.05, 4.69) is 21.5 Å². The highest BCUT2D eigenvalue weighted by Crippen LogP contribution is 2.27. The monoisotopic (exact) mass is 500 g/mol. The summed E-state index contributed by atoms with van der Waals surface area (Å²) in [6.07, 6.45) is 2.74. The number of benzene rings is 2. The number of carbonyl (C=O) groups excluding carboxylic acids is 3. The van der Waals surface area contributed by atoms with Crippen molar-refractivity contribution in [3.8, 4) is 17.2 Å². The fourth-order valence-electron chi connectivity index (χ4n) is 2.75. The summed E-state index contributed by atoms with van der Waals surface area (Å²) in [7, 11) is 3.05. The number of nitrogens with one attached hydrogen (secondary N) is 4. The Labute approximate surface area is 209 Å². The van der Waals surface area contributed by atoms with Crippen LogP contribution in [0.2, 0.25) is 0 Å². The van der Waals surface area contributed by atoms with Crippen molar-refractivity contribution >= 4 is 46.8 Å². The maximum atomic E-state index is 12.0. The molecule has 35 heavy (non-hydrogen) atoms. The second-order valence-electron chi connectivity index (χ2n) is 6.94. The van der Waals surface area contributed by atoms with Gasteiger partial charge in [0.05, 0.1) is 20.8 Å². The maximum Gasteiger partial charge on any atom is 0.250 e. The van der Waals surface area contributed by atoms with E-state index in [0.717, 1.165) is 0 Å². The van der Waals surface area contributed by atoms with Crippen LogP contribution in [0.5, 0.6) is 17.2 Å². The molecule has 0 saturated carbocycles. The Morgan fingerprint density at radius 2 is 1.60 bits per heavy atom. The Kier molecular flexibility index (Phi) is 11.0. The second-order valence-corrected chi connectivity index (χ2v) is 7.35. The number of amides is 3. The minimum absolute atomic E-state index is 0.0338. The molecule has 0 aliphatic heterocycles. The molecule has 0 radical (unpaired) electrons. The van der Waals surface area contributed by atoms with Gasteiger partial charge in [-0.3, -0.25) is 30.6 Å². The van der Waals surface area contributed by atoms with Crippen LogP contribution < -0.4 is 35.7 Å². The molecule has 0 fully saturated rings. The van der Waals surface area contributed by atoms with Crippen molar-refractivity contribution in [2.24, 2.45) is 0 Å². The molecule has 2 aromatic rings. The SMILES string of the molecule is CCOc1ccc(NC(=O)CCC(=O)NNC(=S)NC(=O)/C=C/c2ccc(OC)c(OC)c2)cc1. The smallest absolute Gasteiger partial charge is 0.250 e. The van der Waals surface area contributed by atoms with Gasteiger partial charge in [-0.2, -0.15) is 0 Å². The molecule has 0 heterocycles. The van der Waals surface area contributed by atoms with E-state index >= 15 is 0 Å². The number of hydrogen-bond donors (Lipinski definition) is 4. The number of carbonyl (C=O) groups is 3. The van der Waals surface area contributed by atoms with Crippen molar-refractivity contribution in [1.29, 1.82) is 0 Å². The van der Waals surface area contributed by atoms with Crippen molar-refractivity contribution < 1.29 is 28.6 Å². The Hall–Kier alpha value is -4.12. The van der Waals surface area contributed by atoms with Gasteiger partial charge >= 0.3 is 0 Å². The van der Waals surface area contributed by atoms with Gasteiger partial charge in [-0.25, -0.2) is 0 Å². The molecular weight excluding hydrogens is 472 g/mol. The Morgan fingerprint density at radius 3 is 2.26 bits per heavy atom. The van der Waals surface area contributed by atoms with E-state index in [9.17, 15) is 14.4 Å². The highest BCUT2D eigenvalue weighted by atomic mass is 32.1. The lowest BCUT2D eigenvalue weighted by Gasteiger charge is -2.10. The first-order valence-corrected chi connectivity index (χ1v) is 11.1. The van der Waals surface area contributed by atoms with E-state index in [1.165, 1.54) is 20.3 Å². The standard InChI is InChI=1S/C24H28N4O6S/c1-4-34-18-9-7-17(8-10-18)25-21(29)13-14-23(31)27-28-24(35)26-22(30)12-6-16-5-11-19(32-2)20(15-16)33-3/h5-12,15H,4,13-14H2,1-3H3,(H,25,29)(H,27,31)(H2,26,28,30,35)/b12-6+. The predicted octanol–water partition coefficient (Wildman–Crippen LogP) is 2.56. The Bertz CT molecular complexity index is 1070. The summed E-state index contributed by atoms with van der Waals surface area (Å²) in [6.45, 7) is 2.44. The molecule has 0 unspecified atom stereocenters. The third kappa shape index (κ3) is 9.72. The minimum atomic E-state index is -0.499. The van der Waals surface area contributed by atoms with Crippen molar-refractivity contribution in [1.82, 2.24) is 16.2 Å². The van der Waals surface area contributed by atoms with E-state index in [-0.39, 0.29) is 23.9 Å². The van der Waals surface area contributed by atoms with Crippen LogP contribution in [0.15, 0.2) is 48.5 Å². The number of hydrogen-bond acceptors (Lipinski definition) is 7. The van der Waals surface area contributed by atoms with Gasteiger partial charge in [-0.15, -0.1) is 0 Å². The van der Waals surface area contributed by atoms with E-state index in [0.29, 0.717) is 35.1 Å². The molecule has 0 aromatic heterocycles. The van der Waals surface area contributed by atoms with E-state index in [1.54, 1.807) is 48.5 Å². The molecular formula is C24H28N4O6S. The fourth-order valence-corrected chi connectivity index (χ4v) is 2.91. The summed E-state index contributed by atoms with van der Waals surface area (Å²) in [5.41, 5.74) is 6.07. The molecule has 2 rings (SSSR count). The lowest BCUT2D eigenvalue weighted by molar-refractivity contribution is -0.124. The topological polar surface area (TPSA) is 127 Å². The van der Waals surface area contributed by atoms with Crippen molar-refractivity contribution in [3.63, 3.8) is 0 Å². The molecule has 186 valence electrons. The number of thiocarbonyl (C=S) groups is 1. The van der Waals surface area contributed by atoms with E-state index in [4.69, 9.17) is 26.4 Å². The average molecular weight is 501 g/mol. The molecule has 0 saturated heterocycles. The Balaban J connectivity index is 1.69. The zero-order chi connectivity index (χ0) is 25.6. The molecule has 0 bridgehead atoms. The third-order valence-corrected chi connectivity index (χ3v) is 4.62. The predicted molar refractivity (Wildman–Crippen MR) is 136 cm³/mol. The molecule has 4 N–H and O–H groups in total. The van der Waals surface area contributed by atoms with Gasteiger partial charge in [-0.1, -0.05) is 6.07 Å². The zero-order valence-corrected chi connectivity index (χ0v) is 20.5. The number of ether oxygens (including phenoxy) is 3. The van der Waals surface area contributed by atoms with E-state index in [1.807, 2.05) is 6.92 Å². The number of anilines is 1. The van der Waals surface area contributed by atoms with Gasteiger partial charge in [0.15, 0.2) is 16.6 Å². The molecule has 0 spiro atoms. The first-order valence-electron chi connectivity index (χ1n) is 10.7. The fraction of sp³-hybridized carbons (Fsp3) is 0.250. The molecule has 3 amide bonds. The Morgan fingerprint density at radius 1 is 0.914 bits per heavy atom. The number of methoxy groups -OCH3 is 2. The quantitative estimate of drug-likeness (QED) is 0.223. The summed E-state index contributed by atoms with van der Waals surface area (Å²) in [4.78, 5) is 36.0. The van der Waals surface area contributed by atoms with Crippen LogP contribution in [0.25, 0.3) is 6.08 Å². The summed E-state index contributed by atoms with van der Waals surface area (Å²) >= 11 is 4.99. The second kappa shape index (κ2) is 14.2. The molecule has 11 heteroatoms. The van der Waals surface area contributed by atoms with E-state index < -0.39 is 11.8 Å². The van der Waals surface area contributed by atoms with Crippen molar-refractivity contribution in [2.75, 3.05) is 26.1 Å². The van der Waals surface area contributed by atoms with Crippen LogP contribution in [-0.2, 0) is 14.4 Å². The molecule has 10 nitrogen and oxygen atoms in total. The molecule has 0 aliphatic carbocycles. The van der Waals surface area contributed by atoms with Gasteiger partial charge in [0.1, 0.15) is 5.75 Å². The maximum absolute atomic E-state index is 12.0. The summed E-state index contributed by atoms with van der Waals surface area (Å²) in [6, 6.07) is 12.1. The lowest BCUT2D eigenvalue weighted by atomic mass is 10.2. The number of hydrazine groups is 1. The minimum Gasteiger partial charge on any atom is -0.494 e. The van der Waals surface area contributed by atoms with Crippen LogP contribution in [0.4, 0.5) is 5.69 Å². The van der Waals surface area contributed by atoms with Crippen LogP contribution in [0.3, 0.4) is 0 Å². The highest BCUT2D eigenvalue weighted by molar-refractivity contribution is 7.80. The van der Waals surface area contributed by atoms with Crippen LogP contribution in [0, 0.1) is 0 Å². The van der Waals surface area contributed by atoms with Crippen molar-refractivity contribution in [3.05, 3.63) is 54.1 Å². The van der Waals surface area contributed by atoms with Crippen LogP contribution in [0.1, 0.15) is 25.3 Å². The first-order chi connectivity index (χ1) is 16.8. The molecule has 0 atom stereocenters. The normalized spacial score (nSPS) is 10.3. The zero-order valence-electron chi connectivity index (χ0n) is 19.7. The van der Waals surface area contributed by atoms with Crippen LogP contribution in [-0.4, -0.2) is 43.7 Å². The number of rotatable bonds is 10. The molecule has 0 aliphatic rings. The molecule has 2 aromatic carbocycles. The van der Waals surface area contributed by atoms with Gasteiger partial charge in [-0.05, 0) is 67.2 Å². The first kappa shape index (κ1) is 27.1.